The maximum atomic E-state index is 12.0. The fourth-order valence-corrected chi connectivity index (χ4v) is 2.36. The lowest BCUT2D eigenvalue weighted by Gasteiger charge is -2.24. The molecule has 0 spiro atoms. The SMILES string of the molecule is COc1cc(Cl)c(C)cc1N(CCC(=O)NC1CC1)C(C)=O. The first-order valence-electron chi connectivity index (χ1n) is 7.34. The third-order valence-corrected chi connectivity index (χ3v) is 4.04. The van der Waals surface area contributed by atoms with Crippen molar-refractivity contribution in [3.05, 3.63) is 22.7 Å². The quantitative estimate of drug-likeness (QED) is 0.875. The van der Waals surface area contributed by atoms with Crippen LogP contribution >= 0.6 is 11.6 Å². The lowest BCUT2D eigenvalue weighted by Crippen LogP contribution is -2.34. The highest BCUT2D eigenvalue weighted by molar-refractivity contribution is 6.31. The Bertz CT molecular complexity index is 585. The van der Waals surface area contributed by atoms with Gasteiger partial charge in [0, 0.05) is 37.0 Å². The van der Waals surface area contributed by atoms with Crippen molar-refractivity contribution in [2.45, 2.75) is 39.2 Å². The number of anilines is 1. The molecule has 0 radical (unpaired) electrons. The highest BCUT2D eigenvalue weighted by atomic mass is 35.5. The molecule has 1 aromatic carbocycles. The maximum Gasteiger partial charge on any atom is 0.223 e. The first kappa shape index (κ1) is 16.6. The molecule has 2 amide bonds. The molecule has 1 N–H and O–H groups in total. The molecule has 1 fully saturated rings. The van der Waals surface area contributed by atoms with Crippen LogP contribution in [-0.2, 0) is 9.59 Å². The van der Waals surface area contributed by atoms with E-state index >= 15 is 0 Å². The molecule has 0 aliphatic heterocycles. The second-order valence-corrected chi connectivity index (χ2v) is 5.94. The summed E-state index contributed by atoms with van der Waals surface area (Å²) in [6.07, 6.45) is 2.36. The Kier molecular flexibility index (Phi) is 5.29. The van der Waals surface area contributed by atoms with Crippen molar-refractivity contribution in [2.75, 3.05) is 18.6 Å². The van der Waals surface area contributed by atoms with Crippen molar-refractivity contribution in [3.8, 4) is 5.75 Å². The minimum Gasteiger partial charge on any atom is -0.495 e. The summed E-state index contributed by atoms with van der Waals surface area (Å²) in [5, 5.41) is 3.50. The van der Waals surface area contributed by atoms with Crippen LogP contribution in [0, 0.1) is 6.92 Å². The molecule has 0 heterocycles. The van der Waals surface area contributed by atoms with Crippen molar-refractivity contribution in [2.24, 2.45) is 0 Å². The summed E-state index contributed by atoms with van der Waals surface area (Å²) in [5.74, 6) is 0.353. The summed E-state index contributed by atoms with van der Waals surface area (Å²) in [6, 6.07) is 3.82. The number of hydrogen-bond donors (Lipinski definition) is 1. The van der Waals surface area contributed by atoms with E-state index in [1.807, 2.05) is 6.92 Å². The summed E-state index contributed by atoms with van der Waals surface area (Å²) in [7, 11) is 1.53. The summed E-state index contributed by atoms with van der Waals surface area (Å²) < 4.78 is 5.31. The molecule has 0 saturated heterocycles. The summed E-state index contributed by atoms with van der Waals surface area (Å²) in [4.78, 5) is 25.3. The van der Waals surface area contributed by atoms with Gasteiger partial charge in [-0.25, -0.2) is 0 Å². The summed E-state index contributed by atoms with van der Waals surface area (Å²) >= 11 is 6.09. The van der Waals surface area contributed by atoms with Gasteiger partial charge in [0.25, 0.3) is 0 Å². The Morgan fingerprint density at radius 1 is 1.41 bits per heavy atom. The highest BCUT2D eigenvalue weighted by Crippen LogP contribution is 2.34. The molecule has 5 nitrogen and oxygen atoms in total. The number of hydrogen-bond acceptors (Lipinski definition) is 3. The molecule has 2 rings (SSSR count). The predicted molar refractivity (Wildman–Crippen MR) is 86.5 cm³/mol. The summed E-state index contributed by atoms with van der Waals surface area (Å²) in [5.41, 5.74) is 1.49. The number of halogens is 1. The van der Waals surface area contributed by atoms with Gasteiger partial charge in [0.1, 0.15) is 5.75 Å². The van der Waals surface area contributed by atoms with E-state index in [1.165, 1.54) is 14.0 Å². The number of methoxy groups -OCH3 is 1. The monoisotopic (exact) mass is 324 g/mol. The van der Waals surface area contributed by atoms with Crippen molar-refractivity contribution in [1.29, 1.82) is 0 Å². The third kappa shape index (κ3) is 4.13. The van der Waals surface area contributed by atoms with E-state index in [0.717, 1.165) is 18.4 Å². The minimum atomic E-state index is -0.140. The van der Waals surface area contributed by atoms with Gasteiger partial charge in [-0.1, -0.05) is 11.6 Å². The van der Waals surface area contributed by atoms with E-state index in [2.05, 4.69) is 5.32 Å². The lowest BCUT2D eigenvalue weighted by molar-refractivity contribution is -0.121. The topological polar surface area (TPSA) is 58.6 Å². The fraction of sp³-hybridized carbons (Fsp3) is 0.500. The van der Waals surface area contributed by atoms with Gasteiger partial charge < -0.3 is 15.0 Å². The molecular formula is C16H21ClN2O3. The number of nitrogens with zero attached hydrogens (tertiary/aromatic N) is 1. The van der Waals surface area contributed by atoms with Gasteiger partial charge in [0.05, 0.1) is 12.8 Å². The van der Waals surface area contributed by atoms with Gasteiger partial charge >= 0.3 is 0 Å². The Balaban J connectivity index is 2.14. The normalized spacial score (nSPS) is 13.6. The van der Waals surface area contributed by atoms with Crippen LogP contribution in [0.4, 0.5) is 5.69 Å². The lowest BCUT2D eigenvalue weighted by atomic mass is 10.1. The van der Waals surface area contributed by atoms with Crippen LogP contribution in [0.2, 0.25) is 5.02 Å². The minimum absolute atomic E-state index is 0.0293. The number of rotatable bonds is 6. The zero-order chi connectivity index (χ0) is 16.3. The number of amides is 2. The standard InChI is InChI=1S/C16H21ClN2O3/c1-10-8-14(15(22-3)9-13(10)17)19(11(2)20)7-6-16(21)18-12-4-5-12/h8-9,12H,4-7H2,1-3H3,(H,18,21). The van der Waals surface area contributed by atoms with Crippen LogP contribution in [0.3, 0.4) is 0 Å². The first-order valence-corrected chi connectivity index (χ1v) is 7.71. The van der Waals surface area contributed by atoms with Crippen molar-refractivity contribution >= 4 is 29.1 Å². The van der Waals surface area contributed by atoms with Gasteiger partial charge in [-0.3, -0.25) is 9.59 Å². The zero-order valence-electron chi connectivity index (χ0n) is 13.1. The maximum absolute atomic E-state index is 12.0. The molecule has 0 unspecified atom stereocenters. The smallest absolute Gasteiger partial charge is 0.223 e. The van der Waals surface area contributed by atoms with Gasteiger partial charge in [-0.2, -0.15) is 0 Å². The molecule has 0 aromatic heterocycles. The van der Waals surface area contributed by atoms with Gasteiger partial charge in [0.2, 0.25) is 11.8 Å². The molecular weight excluding hydrogens is 304 g/mol. The molecule has 0 atom stereocenters. The number of ether oxygens (including phenoxy) is 1. The molecule has 1 aliphatic carbocycles. The van der Waals surface area contributed by atoms with Crippen LogP contribution in [0.15, 0.2) is 12.1 Å². The highest BCUT2D eigenvalue weighted by Gasteiger charge is 2.24. The molecule has 1 saturated carbocycles. The van der Waals surface area contributed by atoms with E-state index in [1.54, 1.807) is 17.0 Å². The summed E-state index contributed by atoms with van der Waals surface area (Å²) in [6.45, 7) is 3.65. The van der Waals surface area contributed by atoms with E-state index in [9.17, 15) is 9.59 Å². The van der Waals surface area contributed by atoms with Crippen molar-refractivity contribution in [1.82, 2.24) is 5.32 Å². The fourth-order valence-electron chi connectivity index (χ4n) is 2.21. The van der Waals surface area contributed by atoms with E-state index in [-0.39, 0.29) is 18.2 Å². The van der Waals surface area contributed by atoms with Crippen LogP contribution < -0.4 is 15.0 Å². The Labute approximate surface area is 135 Å². The first-order chi connectivity index (χ1) is 10.4. The van der Waals surface area contributed by atoms with E-state index in [4.69, 9.17) is 16.3 Å². The molecule has 1 aromatic rings. The largest absolute Gasteiger partial charge is 0.495 e. The van der Waals surface area contributed by atoms with Crippen LogP contribution in [0.5, 0.6) is 5.75 Å². The molecule has 0 bridgehead atoms. The Morgan fingerprint density at radius 3 is 2.64 bits per heavy atom. The van der Waals surface area contributed by atoms with Crippen LogP contribution in [0.25, 0.3) is 0 Å². The van der Waals surface area contributed by atoms with Gasteiger partial charge in [-0.05, 0) is 31.4 Å². The van der Waals surface area contributed by atoms with E-state index in [0.29, 0.717) is 29.0 Å². The predicted octanol–water partition coefficient (Wildman–Crippen LogP) is 2.68. The average molecular weight is 325 g/mol. The number of benzene rings is 1. The third-order valence-electron chi connectivity index (χ3n) is 3.64. The van der Waals surface area contributed by atoms with Crippen molar-refractivity contribution in [3.63, 3.8) is 0 Å². The number of aryl methyl sites for hydroxylation is 1. The van der Waals surface area contributed by atoms with E-state index < -0.39 is 0 Å². The van der Waals surface area contributed by atoms with Crippen LogP contribution in [-0.4, -0.2) is 31.5 Å². The Hall–Kier alpha value is -1.75. The average Bonchev–Trinajstić information content (AvgIpc) is 3.26. The number of carbonyl (C=O) groups is 2. The van der Waals surface area contributed by atoms with Gasteiger partial charge in [0.15, 0.2) is 0 Å². The second-order valence-electron chi connectivity index (χ2n) is 5.54. The molecule has 120 valence electrons. The van der Waals surface area contributed by atoms with Crippen molar-refractivity contribution < 1.29 is 14.3 Å². The molecule has 6 heteroatoms. The number of nitrogens with one attached hydrogen (secondary N) is 1. The second kappa shape index (κ2) is 7.01. The van der Waals surface area contributed by atoms with Gasteiger partial charge in [-0.15, -0.1) is 0 Å². The van der Waals surface area contributed by atoms with Crippen LogP contribution in [0.1, 0.15) is 31.7 Å². The zero-order valence-corrected chi connectivity index (χ0v) is 13.9. The Morgan fingerprint density at radius 2 is 2.09 bits per heavy atom. The number of carbonyl (C=O) groups excluding carboxylic acids is 2. The molecule has 22 heavy (non-hydrogen) atoms. The molecule has 1 aliphatic rings.